The SMILES string of the molecule is Cc1ccc(CNc2ccc(NCc3ccc(C)cc3)cc2)cc1. The molecule has 0 radical (unpaired) electrons. The van der Waals surface area contributed by atoms with E-state index in [4.69, 9.17) is 0 Å². The monoisotopic (exact) mass is 316 g/mol. The molecule has 0 fully saturated rings. The maximum atomic E-state index is 3.46. The zero-order chi connectivity index (χ0) is 16.8. The molecule has 24 heavy (non-hydrogen) atoms. The minimum absolute atomic E-state index is 0.844. The van der Waals surface area contributed by atoms with Crippen LogP contribution in [0.15, 0.2) is 72.8 Å². The smallest absolute Gasteiger partial charge is 0.0400 e. The van der Waals surface area contributed by atoms with E-state index in [9.17, 15) is 0 Å². The molecule has 122 valence electrons. The molecule has 3 aromatic rings. The Labute approximate surface area is 144 Å². The van der Waals surface area contributed by atoms with Crippen molar-refractivity contribution in [1.29, 1.82) is 0 Å². The zero-order valence-corrected chi connectivity index (χ0v) is 14.3. The molecule has 2 nitrogen and oxygen atoms in total. The molecule has 0 aliphatic carbocycles. The molecule has 0 aliphatic rings. The average molecular weight is 316 g/mol. The van der Waals surface area contributed by atoms with Gasteiger partial charge in [0.15, 0.2) is 0 Å². The third kappa shape index (κ3) is 4.63. The fraction of sp³-hybridized carbons (Fsp3) is 0.182. The zero-order valence-electron chi connectivity index (χ0n) is 14.3. The molecule has 0 amide bonds. The third-order valence-electron chi connectivity index (χ3n) is 4.12. The fourth-order valence-electron chi connectivity index (χ4n) is 2.53. The van der Waals surface area contributed by atoms with Gasteiger partial charge in [-0.25, -0.2) is 0 Å². The van der Waals surface area contributed by atoms with Gasteiger partial charge in [-0.15, -0.1) is 0 Å². The van der Waals surface area contributed by atoms with Gasteiger partial charge in [-0.3, -0.25) is 0 Å². The lowest BCUT2D eigenvalue weighted by molar-refractivity contribution is 1.13. The van der Waals surface area contributed by atoms with Crippen LogP contribution in [0.1, 0.15) is 22.3 Å². The highest BCUT2D eigenvalue weighted by molar-refractivity contribution is 5.54. The summed E-state index contributed by atoms with van der Waals surface area (Å²) in [6, 6.07) is 25.7. The standard InChI is InChI=1S/C22H24N2/c1-17-3-7-19(8-4-17)15-23-21-11-13-22(14-12-21)24-16-20-9-5-18(2)6-10-20/h3-14,23-24H,15-16H2,1-2H3. The molecular formula is C22H24N2. The summed E-state index contributed by atoms with van der Waals surface area (Å²) < 4.78 is 0. The van der Waals surface area contributed by atoms with E-state index in [0.29, 0.717) is 0 Å². The van der Waals surface area contributed by atoms with Crippen LogP contribution in [0.3, 0.4) is 0 Å². The highest BCUT2D eigenvalue weighted by atomic mass is 14.9. The Bertz CT molecular complexity index is 688. The highest BCUT2D eigenvalue weighted by Gasteiger charge is 1.97. The molecule has 0 unspecified atom stereocenters. The van der Waals surface area contributed by atoms with E-state index in [0.717, 1.165) is 24.5 Å². The van der Waals surface area contributed by atoms with Gasteiger partial charge in [0.05, 0.1) is 0 Å². The third-order valence-corrected chi connectivity index (χ3v) is 4.12. The first-order valence-corrected chi connectivity index (χ1v) is 8.38. The summed E-state index contributed by atoms with van der Waals surface area (Å²) in [6.45, 7) is 5.91. The minimum atomic E-state index is 0.844. The second-order valence-electron chi connectivity index (χ2n) is 6.26. The van der Waals surface area contributed by atoms with Crippen molar-refractivity contribution in [2.24, 2.45) is 0 Å². The van der Waals surface area contributed by atoms with E-state index in [-0.39, 0.29) is 0 Å². The predicted molar refractivity (Wildman–Crippen MR) is 103 cm³/mol. The molecule has 3 rings (SSSR count). The van der Waals surface area contributed by atoms with Crippen molar-refractivity contribution >= 4 is 11.4 Å². The van der Waals surface area contributed by atoms with Crippen molar-refractivity contribution in [1.82, 2.24) is 0 Å². The molecule has 0 atom stereocenters. The maximum Gasteiger partial charge on any atom is 0.0400 e. The first-order chi connectivity index (χ1) is 11.7. The summed E-state index contributed by atoms with van der Waals surface area (Å²) in [5, 5.41) is 6.92. The van der Waals surface area contributed by atoms with Gasteiger partial charge < -0.3 is 10.6 Å². The molecule has 2 heteroatoms. The van der Waals surface area contributed by atoms with Gasteiger partial charge in [-0.1, -0.05) is 59.7 Å². The van der Waals surface area contributed by atoms with Crippen LogP contribution < -0.4 is 10.6 Å². The lowest BCUT2D eigenvalue weighted by Gasteiger charge is -2.10. The first kappa shape index (κ1) is 16.1. The molecule has 0 bridgehead atoms. The van der Waals surface area contributed by atoms with E-state index in [1.165, 1.54) is 22.3 Å². The number of aryl methyl sites for hydroxylation is 2. The Morgan fingerprint density at radius 2 is 0.833 bits per heavy atom. The lowest BCUT2D eigenvalue weighted by Crippen LogP contribution is -2.01. The second-order valence-corrected chi connectivity index (χ2v) is 6.26. The van der Waals surface area contributed by atoms with E-state index in [1.54, 1.807) is 0 Å². The summed E-state index contributed by atoms with van der Waals surface area (Å²) >= 11 is 0. The summed E-state index contributed by atoms with van der Waals surface area (Å²) in [5.41, 5.74) is 7.45. The highest BCUT2D eigenvalue weighted by Crippen LogP contribution is 2.16. The Morgan fingerprint density at radius 1 is 0.500 bits per heavy atom. The molecule has 3 aromatic carbocycles. The number of anilines is 2. The Morgan fingerprint density at radius 3 is 1.17 bits per heavy atom. The number of nitrogens with one attached hydrogen (secondary N) is 2. The molecular weight excluding hydrogens is 292 g/mol. The summed E-state index contributed by atoms with van der Waals surface area (Å²) in [6.07, 6.45) is 0. The van der Waals surface area contributed by atoms with Gasteiger partial charge in [0.25, 0.3) is 0 Å². The van der Waals surface area contributed by atoms with Crippen LogP contribution >= 0.6 is 0 Å². The van der Waals surface area contributed by atoms with Crippen LogP contribution in [-0.2, 0) is 13.1 Å². The molecule has 0 saturated carbocycles. The van der Waals surface area contributed by atoms with Crippen molar-refractivity contribution in [3.8, 4) is 0 Å². The largest absolute Gasteiger partial charge is 0.381 e. The van der Waals surface area contributed by atoms with Gasteiger partial charge in [0.2, 0.25) is 0 Å². The molecule has 0 saturated heterocycles. The summed E-state index contributed by atoms with van der Waals surface area (Å²) in [5.74, 6) is 0. The Hall–Kier alpha value is -2.74. The molecule has 0 spiro atoms. The minimum Gasteiger partial charge on any atom is -0.381 e. The van der Waals surface area contributed by atoms with Crippen LogP contribution in [-0.4, -0.2) is 0 Å². The second kappa shape index (κ2) is 7.69. The molecule has 0 heterocycles. The fourth-order valence-corrected chi connectivity index (χ4v) is 2.53. The number of hydrogen-bond acceptors (Lipinski definition) is 2. The van der Waals surface area contributed by atoms with Crippen LogP contribution in [0.4, 0.5) is 11.4 Å². The molecule has 0 aromatic heterocycles. The van der Waals surface area contributed by atoms with Gasteiger partial charge in [-0.2, -0.15) is 0 Å². The number of hydrogen-bond donors (Lipinski definition) is 2. The van der Waals surface area contributed by atoms with Crippen molar-refractivity contribution in [2.45, 2.75) is 26.9 Å². The van der Waals surface area contributed by atoms with Crippen LogP contribution in [0.2, 0.25) is 0 Å². The Balaban J connectivity index is 1.51. The van der Waals surface area contributed by atoms with Crippen molar-refractivity contribution in [3.63, 3.8) is 0 Å². The average Bonchev–Trinajstić information content (AvgIpc) is 2.62. The summed E-state index contributed by atoms with van der Waals surface area (Å²) in [4.78, 5) is 0. The molecule has 0 aliphatic heterocycles. The number of benzene rings is 3. The predicted octanol–water partition coefficient (Wildman–Crippen LogP) is 5.53. The topological polar surface area (TPSA) is 24.1 Å². The number of rotatable bonds is 6. The van der Waals surface area contributed by atoms with E-state index in [1.807, 2.05) is 0 Å². The van der Waals surface area contributed by atoms with Crippen LogP contribution in [0, 0.1) is 13.8 Å². The van der Waals surface area contributed by atoms with Gasteiger partial charge in [0, 0.05) is 24.5 Å². The van der Waals surface area contributed by atoms with Crippen LogP contribution in [0.25, 0.3) is 0 Å². The van der Waals surface area contributed by atoms with Gasteiger partial charge in [0.1, 0.15) is 0 Å². The molecule has 2 N–H and O–H groups in total. The van der Waals surface area contributed by atoms with E-state index >= 15 is 0 Å². The Kier molecular flexibility index (Phi) is 5.17. The first-order valence-electron chi connectivity index (χ1n) is 8.38. The lowest BCUT2D eigenvalue weighted by atomic mass is 10.1. The van der Waals surface area contributed by atoms with E-state index in [2.05, 4.69) is 97.3 Å². The van der Waals surface area contributed by atoms with Gasteiger partial charge in [-0.05, 0) is 49.2 Å². The normalized spacial score (nSPS) is 10.4. The van der Waals surface area contributed by atoms with E-state index < -0.39 is 0 Å². The van der Waals surface area contributed by atoms with Crippen LogP contribution in [0.5, 0.6) is 0 Å². The van der Waals surface area contributed by atoms with Crippen molar-refractivity contribution < 1.29 is 0 Å². The summed E-state index contributed by atoms with van der Waals surface area (Å²) in [7, 11) is 0. The van der Waals surface area contributed by atoms with Crippen molar-refractivity contribution in [2.75, 3.05) is 10.6 Å². The maximum absolute atomic E-state index is 3.46. The van der Waals surface area contributed by atoms with Crippen molar-refractivity contribution in [3.05, 3.63) is 95.1 Å². The van der Waals surface area contributed by atoms with Gasteiger partial charge >= 0.3 is 0 Å². The quantitative estimate of drug-likeness (QED) is 0.625.